The number of nitrogens with one attached hydrogen (secondary N) is 1. The van der Waals surface area contributed by atoms with Crippen LogP contribution in [0, 0.1) is 11.3 Å². The third-order valence-electron chi connectivity index (χ3n) is 8.92. The van der Waals surface area contributed by atoms with Crippen LogP contribution in [0.3, 0.4) is 0 Å². The normalized spacial score (nSPS) is 30.2. The molecule has 37 heavy (non-hydrogen) atoms. The second kappa shape index (κ2) is 10.6. The Morgan fingerprint density at radius 2 is 1.81 bits per heavy atom. The molecule has 2 aromatic carbocycles. The minimum atomic E-state index is -0.430. The maximum atomic E-state index is 13.2. The fraction of sp³-hybridized carbons (Fsp3) is 0.517. The summed E-state index contributed by atoms with van der Waals surface area (Å²) in [6.45, 7) is 7.76. The highest BCUT2D eigenvalue weighted by atomic mass is 35.5. The summed E-state index contributed by atoms with van der Waals surface area (Å²) in [7, 11) is 0. The lowest BCUT2D eigenvalue weighted by molar-refractivity contribution is -0.129. The number of aliphatic hydroxyl groups excluding tert-OH is 1. The number of halogens is 2. The SMILES string of the molecule is C[C@H]1NC(=O)[C@]2(C)CC[C@@H](c3ccc(C(=O)N4CCN(CCO)CC4)cc3Cl)[C@H](c3ccc(Cl)cc3)[C@H]12. The van der Waals surface area contributed by atoms with E-state index in [0.29, 0.717) is 35.2 Å². The number of amides is 2. The van der Waals surface area contributed by atoms with Gasteiger partial charge >= 0.3 is 0 Å². The summed E-state index contributed by atoms with van der Waals surface area (Å²) in [6, 6.07) is 13.8. The average molecular weight is 545 g/mol. The van der Waals surface area contributed by atoms with Gasteiger partial charge in [-0.3, -0.25) is 14.5 Å². The van der Waals surface area contributed by atoms with Crippen molar-refractivity contribution in [1.29, 1.82) is 0 Å². The number of nitrogens with zero attached hydrogens (tertiary/aromatic N) is 2. The van der Waals surface area contributed by atoms with Gasteiger partial charge in [0.05, 0.1) is 12.0 Å². The zero-order valence-corrected chi connectivity index (χ0v) is 22.9. The minimum Gasteiger partial charge on any atom is -0.395 e. The molecule has 0 aromatic heterocycles. The van der Waals surface area contributed by atoms with E-state index in [1.807, 2.05) is 35.2 Å². The largest absolute Gasteiger partial charge is 0.395 e. The monoisotopic (exact) mass is 543 g/mol. The summed E-state index contributed by atoms with van der Waals surface area (Å²) in [5.41, 5.74) is 2.35. The van der Waals surface area contributed by atoms with E-state index >= 15 is 0 Å². The molecule has 2 saturated heterocycles. The molecule has 6 nitrogen and oxygen atoms in total. The molecule has 3 fully saturated rings. The lowest BCUT2D eigenvalue weighted by Gasteiger charge is -2.46. The maximum Gasteiger partial charge on any atom is 0.253 e. The van der Waals surface area contributed by atoms with E-state index in [0.717, 1.165) is 37.1 Å². The van der Waals surface area contributed by atoms with Crippen molar-refractivity contribution >= 4 is 35.0 Å². The first-order chi connectivity index (χ1) is 17.7. The van der Waals surface area contributed by atoms with Crippen LogP contribution in [0.25, 0.3) is 0 Å². The summed E-state index contributed by atoms with van der Waals surface area (Å²) >= 11 is 13.1. The molecule has 5 atom stereocenters. The number of carbonyl (C=O) groups excluding carboxylic acids is 2. The van der Waals surface area contributed by atoms with Crippen LogP contribution in [0.15, 0.2) is 42.5 Å². The van der Waals surface area contributed by atoms with Gasteiger partial charge < -0.3 is 15.3 Å². The molecule has 3 aliphatic rings. The molecular weight excluding hydrogens is 509 g/mol. The molecule has 0 radical (unpaired) electrons. The minimum absolute atomic E-state index is 0.0122. The maximum absolute atomic E-state index is 13.2. The van der Waals surface area contributed by atoms with Crippen LogP contribution in [-0.4, -0.2) is 72.1 Å². The molecular formula is C29H35Cl2N3O3. The van der Waals surface area contributed by atoms with Crippen molar-refractivity contribution in [3.8, 4) is 0 Å². The first kappa shape index (κ1) is 26.5. The Balaban J connectivity index is 1.43. The van der Waals surface area contributed by atoms with Crippen molar-refractivity contribution < 1.29 is 14.7 Å². The first-order valence-corrected chi connectivity index (χ1v) is 14.0. The number of β-amino-alcohol motifs (C(OH)–C–C–N with tert-alkyl or cyclic N) is 1. The lowest BCUT2D eigenvalue weighted by atomic mass is 9.56. The van der Waals surface area contributed by atoms with Gasteiger partial charge in [0, 0.05) is 60.3 Å². The Hall–Kier alpha value is -2.12. The summed E-state index contributed by atoms with van der Waals surface area (Å²) in [6.07, 6.45) is 1.62. The smallest absolute Gasteiger partial charge is 0.253 e. The number of hydrogen-bond donors (Lipinski definition) is 2. The van der Waals surface area contributed by atoms with E-state index < -0.39 is 5.41 Å². The number of fused-ring (bicyclic) bond motifs is 1. The number of carbonyl (C=O) groups is 2. The van der Waals surface area contributed by atoms with E-state index in [1.165, 1.54) is 0 Å². The third-order valence-corrected chi connectivity index (χ3v) is 9.50. The third kappa shape index (κ3) is 4.89. The second-order valence-corrected chi connectivity index (χ2v) is 11.9. The van der Waals surface area contributed by atoms with Crippen molar-refractivity contribution in [3.63, 3.8) is 0 Å². The lowest BCUT2D eigenvalue weighted by Crippen LogP contribution is -2.49. The highest BCUT2D eigenvalue weighted by Gasteiger charge is 2.57. The van der Waals surface area contributed by atoms with E-state index in [9.17, 15) is 9.59 Å². The van der Waals surface area contributed by atoms with Crippen molar-refractivity contribution in [2.24, 2.45) is 11.3 Å². The fourth-order valence-electron chi connectivity index (χ4n) is 6.97. The fourth-order valence-corrected chi connectivity index (χ4v) is 7.42. The van der Waals surface area contributed by atoms with Crippen molar-refractivity contribution in [1.82, 2.24) is 15.1 Å². The van der Waals surface area contributed by atoms with Gasteiger partial charge in [-0.25, -0.2) is 0 Å². The molecule has 0 bridgehead atoms. The zero-order chi connectivity index (χ0) is 26.3. The van der Waals surface area contributed by atoms with E-state index in [-0.39, 0.29) is 42.2 Å². The standard InChI is InChI=1S/C29H35Cl2N3O3/c1-18-26-25(19-3-6-21(30)7-4-19)23(9-10-29(26,2)28(37)32-18)22-8-5-20(17-24(22)31)27(36)34-13-11-33(12-14-34)15-16-35/h3-8,17-18,23,25-26,35H,9-16H2,1-2H3,(H,32,37)/t18-,23+,25+,26+,29-/m1/s1. The van der Waals surface area contributed by atoms with Gasteiger partial charge in [-0.05, 0) is 67.0 Å². The van der Waals surface area contributed by atoms with Crippen LogP contribution >= 0.6 is 23.2 Å². The van der Waals surface area contributed by atoms with Crippen molar-refractivity contribution in [3.05, 3.63) is 69.2 Å². The number of piperazine rings is 1. The number of hydrogen-bond acceptors (Lipinski definition) is 4. The second-order valence-electron chi connectivity index (χ2n) is 11.0. The van der Waals surface area contributed by atoms with Gasteiger partial charge in [-0.15, -0.1) is 0 Å². The molecule has 2 aliphatic heterocycles. The van der Waals surface area contributed by atoms with Crippen LogP contribution in [0.4, 0.5) is 0 Å². The van der Waals surface area contributed by atoms with E-state index in [1.54, 1.807) is 0 Å². The van der Waals surface area contributed by atoms with Crippen molar-refractivity contribution in [2.45, 2.75) is 44.6 Å². The Bertz CT molecular complexity index is 1170. The van der Waals surface area contributed by atoms with Gasteiger partial charge in [-0.2, -0.15) is 0 Å². The van der Waals surface area contributed by atoms with Gasteiger partial charge in [0.2, 0.25) is 5.91 Å². The molecule has 0 spiro atoms. The van der Waals surface area contributed by atoms with Crippen LogP contribution in [0.2, 0.25) is 10.0 Å². The molecule has 198 valence electrons. The summed E-state index contributed by atoms with van der Waals surface area (Å²) < 4.78 is 0. The number of aliphatic hydroxyl groups is 1. The van der Waals surface area contributed by atoms with Gasteiger partial charge in [0.25, 0.3) is 5.91 Å². The predicted octanol–water partition coefficient (Wildman–Crippen LogP) is 4.55. The Labute approximate surface area is 228 Å². The van der Waals surface area contributed by atoms with Gasteiger partial charge in [-0.1, -0.05) is 48.3 Å². The summed E-state index contributed by atoms with van der Waals surface area (Å²) in [5.74, 6) is 0.444. The van der Waals surface area contributed by atoms with E-state index in [2.05, 4.69) is 36.2 Å². The number of rotatable bonds is 5. The topological polar surface area (TPSA) is 72.9 Å². The highest BCUT2D eigenvalue weighted by Crippen LogP contribution is 2.59. The quantitative estimate of drug-likeness (QED) is 0.580. The van der Waals surface area contributed by atoms with Crippen LogP contribution in [0.5, 0.6) is 0 Å². The average Bonchev–Trinajstić information content (AvgIpc) is 3.12. The zero-order valence-electron chi connectivity index (χ0n) is 21.4. The Morgan fingerprint density at radius 3 is 2.46 bits per heavy atom. The molecule has 2 heterocycles. The first-order valence-electron chi connectivity index (χ1n) is 13.2. The van der Waals surface area contributed by atoms with Crippen LogP contribution in [0.1, 0.15) is 60.0 Å². The molecule has 1 saturated carbocycles. The molecule has 2 N–H and O–H groups in total. The number of benzene rings is 2. The van der Waals surface area contributed by atoms with Crippen LogP contribution < -0.4 is 5.32 Å². The van der Waals surface area contributed by atoms with Crippen molar-refractivity contribution in [2.75, 3.05) is 39.3 Å². The highest BCUT2D eigenvalue weighted by molar-refractivity contribution is 6.32. The van der Waals surface area contributed by atoms with Gasteiger partial charge in [0.15, 0.2) is 0 Å². The predicted molar refractivity (Wildman–Crippen MR) is 146 cm³/mol. The summed E-state index contributed by atoms with van der Waals surface area (Å²) in [4.78, 5) is 30.3. The Morgan fingerprint density at radius 1 is 1.11 bits per heavy atom. The molecule has 5 rings (SSSR count). The molecule has 1 aliphatic carbocycles. The molecule has 8 heteroatoms. The molecule has 0 unspecified atom stereocenters. The Kier molecular flexibility index (Phi) is 7.56. The van der Waals surface area contributed by atoms with Gasteiger partial charge in [0.1, 0.15) is 0 Å². The molecule has 2 aromatic rings. The summed E-state index contributed by atoms with van der Waals surface area (Å²) in [5, 5.41) is 13.7. The van der Waals surface area contributed by atoms with Crippen LogP contribution in [-0.2, 0) is 4.79 Å². The molecule has 2 amide bonds. The van der Waals surface area contributed by atoms with E-state index in [4.69, 9.17) is 28.3 Å².